The first kappa shape index (κ1) is 20.4. The molecule has 8 heteroatoms. The summed E-state index contributed by atoms with van der Waals surface area (Å²) in [4.78, 5) is 23.8. The van der Waals surface area contributed by atoms with Gasteiger partial charge in [-0.05, 0) is 52.2 Å². The van der Waals surface area contributed by atoms with Crippen LogP contribution in [0.2, 0.25) is 0 Å². The van der Waals surface area contributed by atoms with E-state index in [4.69, 9.17) is 9.47 Å². The van der Waals surface area contributed by atoms with Crippen LogP contribution in [0, 0.1) is 6.92 Å². The van der Waals surface area contributed by atoms with Crippen LogP contribution in [0.5, 0.6) is 11.5 Å². The maximum Gasteiger partial charge on any atom is 0.249 e. The topological polar surface area (TPSA) is 89.0 Å². The lowest BCUT2D eigenvalue weighted by Crippen LogP contribution is -2.24. The van der Waals surface area contributed by atoms with E-state index in [9.17, 15) is 9.59 Å². The Balaban J connectivity index is 1.92. The van der Waals surface area contributed by atoms with Crippen molar-refractivity contribution >= 4 is 39.6 Å². The maximum absolute atomic E-state index is 11.9. The molecule has 0 fully saturated rings. The van der Waals surface area contributed by atoms with Crippen molar-refractivity contribution in [3.63, 3.8) is 0 Å². The minimum absolute atomic E-state index is 0.332. The van der Waals surface area contributed by atoms with Gasteiger partial charge in [0.2, 0.25) is 11.8 Å². The summed E-state index contributed by atoms with van der Waals surface area (Å²) in [5.74, 6) is 0.159. The summed E-state index contributed by atoms with van der Waals surface area (Å²) in [5.41, 5.74) is 4.61. The standard InChI is InChI=1S/C19H20BrN3O4/c1-12-6-4-5-7-15(12)22-17(24)10-18(25)23-21-11-13-8-14(20)19(27-3)16(9-13)26-2/h4-9,11H,10H2,1-3H3,(H,22,24)(H,23,25). The van der Waals surface area contributed by atoms with Gasteiger partial charge >= 0.3 is 0 Å². The van der Waals surface area contributed by atoms with E-state index >= 15 is 0 Å². The van der Waals surface area contributed by atoms with Crippen LogP contribution in [0.15, 0.2) is 46.0 Å². The van der Waals surface area contributed by atoms with Crippen LogP contribution in [0.1, 0.15) is 17.5 Å². The van der Waals surface area contributed by atoms with Gasteiger partial charge in [-0.25, -0.2) is 5.43 Å². The molecule has 142 valence electrons. The highest BCUT2D eigenvalue weighted by Gasteiger charge is 2.11. The van der Waals surface area contributed by atoms with Crippen LogP contribution in [-0.2, 0) is 9.59 Å². The average Bonchev–Trinajstić information content (AvgIpc) is 2.63. The molecule has 0 aliphatic carbocycles. The molecular weight excluding hydrogens is 414 g/mol. The van der Waals surface area contributed by atoms with Crippen molar-refractivity contribution in [2.45, 2.75) is 13.3 Å². The zero-order valence-electron chi connectivity index (χ0n) is 15.2. The SMILES string of the molecule is COc1cc(C=NNC(=O)CC(=O)Nc2ccccc2C)cc(Br)c1OC. The summed E-state index contributed by atoms with van der Waals surface area (Å²) in [6, 6.07) is 10.8. The predicted octanol–water partition coefficient (Wildman–Crippen LogP) is 3.25. The lowest BCUT2D eigenvalue weighted by molar-refractivity contribution is -0.126. The first-order valence-corrected chi connectivity index (χ1v) is 8.82. The zero-order chi connectivity index (χ0) is 19.8. The number of halogens is 1. The third-order valence-electron chi connectivity index (χ3n) is 3.60. The number of anilines is 1. The summed E-state index contributed by atoms with van der Waals surface area (Å²) in [6.45, 7) is 1.88. The molecule has 2 rings (SSSR count). The molecule has 0 saturated heterocycles. The van der Waals surface area contributed by atoms with Crippen LogP contribution in [0.4, 0.5) is 5.69 Å². The molecule has 0 saturated carbocycles. The third-order valence-corrected chi connectivity index (χ3v) is 4.19. The van der Waals surface area contributed by atoms with Gasteiger partial charge in [-0.3, -0.25) is 9.59 Å². The van der Waals surface area contributed by atoms with Gasteiger partial charge in [0, 0.05) is 5.69 Å². The Hall–Kier alpha value is -2.87. The van der Waals surface area contributed by atoms with Crippen molar-refractivity contribution < 1.29 is 19.1 Å². The summed E-state index contributed by atoms with van der Waals surface area (Å²) in [6.07, 6.45) is 1.12. The molecule has 0 bridgehead atoms. The minimum Gasteiger partial charge on any atom is -0.493 e. The first-order chi connectivity index (χ1) is 12.9. The maximum atomic E-state index is 11.9. The van der Waals surface area contributed by atoms with E-state index in [0.29, 0.717) is 27.2 Å². The molecular formula is C19H20BrN3O4. The number of nitrogens with one attached hydrogen (secondary N) is 2. The number of hydrazone groups is 1. The lowest BCUT2D eigenvalue weighted by atomic mass is 10.2. The Morgan fingerprint density at radius 2 is 1.89 bits per heavy atom. The Bertz CT molecular complexity index is 868. The normalized spacial score (nSPS) is 10.5. The highest BCUT2D eigenvalue weighted by Crippen LogP contribution is 2.35. The fraction of sp³-hybridized carbons (Fsp3) is 0.211. The Kier molecular flexibility index (Phi) is 7.36. The van der Waals surface area contributed by atoms with E-state index in [1.54, 1.807) is 25.3 Å². The quantitative estimate of drug-likeness (QED) is 0.398. The smallest absolute Gasteiger partial charge is 0.249 e. The molecule has 2 aromatic rings. The summed E-state index contributed by atoms with van der Waals surface area (Å²) >= 11 is 3.38. The number of ether oxygens (including phenoxy) is 2. The van der Waals surface area contributed by atoms with Crippen molar-refractivity contribution in [1.82, 2.24) is 5.43 Å². The fourth-order valence-electron chi connectivity index (χ4n) is 2.28. The molecule has 7 nitrogen and oxygen atoms in total. The van der Waals surface area contributed by atoms with Gasteiger partial charge in [-0.2, -0.15) is 5.10 Å². The van der Waals surface area contributed by atoms with Crippen LogP contribution in [0.3, 0.4) is 0 Å². The second-order valence-electron chi connectivity index (χ2n) is 5.57. The van der Waals surface area contributed by atoms with Gasteiger partial charge in [-0.1, -0.05) is 18.2 Å². The van der Waals surface area contributed by atoms with Gasteiger partial charge in [0.25, 0.3) is 0 Å². The largest absolute Gasteiger partial charge is 0.493 e. The van der Waals surface area contributed by atoms with Crippen molar-refractivity contribution in [2.75, 3.05) is 19.5 Å². The molecule has 27 heavy (non-hydrogen) atoms. The summed E-state index contributed by atoms with van der Waals surface area (Å²) in [5, 5.41) is 6.57. The van der Waals surface area contributed by atoms with Crippen molar-refractivity contribution in [1.29, 1.82) is 0 Å². The Morgan fingerprint density at radius 3 is 2.56 bits per heavy atom. The minimum atomic E-state index is -0.517. The number of para-hydroxylation sites is 1. The number of nitrogens with zero attached hydrogens (tertiary/aromatic N) is 1. The number of carbonyl (C=O) groups is 2. The van der Waals surface area contributed by atoms with Crippen molar-refractivity contribution in [3.05, 3.63) is 52.0 Å². The molecule has 0 spiro atoms. The predicted molar refractivity (Wildman–Crippen MR) is 107 cm³/mol. The molecule has 2 N–H and O–H groups in total. The van der Waals surface area contributed by atoms with Gasteiger partial charge in [-0.15, -0.1) is 0 Å². The van der Waals surface area contributed by atoms with Crippen LogP contribution >= 0.6 is 15.9 Å². The molecule has 0 aliphatic heterocycles. The van der Waals surface area contributed by atoms with E-state index in [2.05, 4.69) is 31.8 Å². The van der Waals surface area contributed by atoms with Crippen LogP contribution < -0.4 is 20.2 Å². The molecule has 0 radical (unpaired) electrons. The molecule has 2 aromatic carbocycles. The van der Waals surface area contributed by atoms with E-state index < -0.39 is 11.8 Å². The molecule has 0 heterocycles. The summed E-state index contributed by atoms with van der Waals surface area (Å²) < 4.78 is 11.2. The molecule has 0 unspecified atom stereocenters. The van der Waals surface area contributed by atoms with Gasteiger partial charge in [0.15, 0.2) is 11.5 Å². The second kappa shape index (κ2) is 9.72. The number of rotatable bonds is 7. The Morgan fingerprint density at radius 1 is 1.15 bits per heavy atom. The number of carbonyl (C=O) groups excluding carboxylic acids is 2. The zero-order valence-corrected chi connectivity index (χ0v) is 16.8. The third kappa shape index (κ3) is 5.82. The lowest BCUT2D eigenvalue weighted by Gasteiger charge is -2.10. The van der Waals surface area contributed by atoms with E-state index in [0.717, 1.165) is 5.56 Å². The fourth-order valence-corrected chi connectivity index (χ4v) is 2.91. The number of hydrogen-bond acceptors (Lipinski definition) is 5. The number of amides is 2. The number of aryl methyl sites for hydroxylation is 1. The van der Waals surface area contributed by atoms with Crippen molar-refractivity contribution in [3.8, 4) is 11.5 Å². The van der Waals surface area contributed by atoms with Crippen LogP contribution in [-0.4, -0.2) is 32.2 Å². The van der Waals surface area contributed by atoms with E-state index in [1.165, 1.54) is 13.3 Å². The Labute approximate surface area is 165 Å². The van der Waals surface area contributed by atoms with Gasteiger partial charge in [0.1, 0.15) is 6.42 Å². The number of methoxy groups -OCH3 is 2. The monoisotopic (exact) mass is 433 g/mol. The first-order valence-electron chi connectivity index (χ1n) is 8.03. The van der Waals surface area contributed by atoms with Crippen LogP contribution in [0.25, 0.3) is 0 Å². The highest BCUT2D eigenvalue weighted by atomic mass is 79.9. The molecule has 0 aliphatic rings. The number of benzene rings is 2. The highest BCUT2D eigenvalue weighted by molar-refractivity contribution is 9.10. The average molecular weight is 434 g/mol. The van der Waals surface area contributed by atoms with Gasteiger partial charge < -0.3 is 14.8 Å². The molecule has 0 atom stereocenters. The van der Waals surface area contributed by atoms with Crippen molar-refractivity contribution in [2.24, 2.45) is 5.10 Å². The molecule has 0 aromatic heterocycles. The van der Waals surface area contributed by atoms with E-state index in [-0.39, 0.29) is 6.42 Å². The number of hydrogen-bond donors (Lipinski definition) is 2. The summed E-state index contributed by atoms with van der Waals surface area (Å²) in [7, 11) is 3.07. The second-order valence-corrected chi connectivity index (χ2v) is 6.43. The molecule has 2 amide bonds. The van der Waals surface area contributed by atoms with Gasteiger partial charge in [0.05, 0.1) is 24.9 Å². The van der Waals surface area contributed by atoms with E-state index in [1.807, 2.05) is 25.1 Å².